The summed E-state index contributed by atoms with van der Waals surface area (Å²) in [7, 11) is -3.39. The molecule has 0 saturated carbocycles. The van der Waals surface area contributed by atoms with Crippen LogP contribution in [0.4, 0.5) is 0 Å². The van der Waals surface area contributed by atoms with Crippen molar-refractivity contribution in [3.8, 4) is 5.75 Å². The Balaban J connectivity index is 1.50. The number of rotatable bonds is 6. The number of carbonyl (C=O) groups excluding carboxylic acids is 1. The highest BCUT2D eigenvalue weighted by atomic mass is 79.9. The Morgan fingerprint density at radius 2 is 1.70 bits per heavy atom. The number of sulfonamides is 1. The molecule has 0 radical (unpaired) electrons. The van der Waals surface area contributed by atoms with E-state index in [1.54, 1.807) is 29.2 Å². The van der Waals surface area contributed by atoms with Crippen molar-refractivity contribution in [1.29, 1.82) is 0 Å². The first-order chi connectivity index (χ1) is 12.9. The second-order valence-corrected chi connectivity index (χ2v) is 9.15. The molecule has 0 atom stereocenters. The van der Waals surface area contributed by atoms with Crippen molar-refractivity contribution in [1.82, 2.24) is 9.21 Å². The SMILES string of the molecule is O=C(COc1cccc(Br)c1)N1CCN(S(=O)(=O)Cc2ccccc2)CC1. The average Bonchev–Trinajstić information content (AvgIpc) is 2.67. The van der Waals surface area contributed by atoms with Crippen LogP contribution in [0, 0.1) is 0 Å². The first-order valence-electron chi connectivity index (χ1n) is 8.62. The molecule has 6 nitrogen and oxygen atoms in total. The number of nitrogens with zero attached hydrogens (tertiary/aromatic N) is 2. The molecule has 0 spiro atoms. The number of carbonyl (C=O) groups is 1. The maximum Gasteiger partial charge on any atom is 0.260 e. The summed E-state index contributed by atoms with van der Waals surface area (Å²) in [6.07, 6.45) is 0. The molecular formula is C19H21BrN2O4S. The molecule has 1 fully saturated rings. The Hall–Kier alpha value is -1.90. The van der Waals surface area contributed by atoms with E-state index in [1.165, 1.54) is 4.31 Å². The van der Waals surface area contributed by atoms with Gasteiger partial charge in [0, 0.05) is 30.7 Å². The molecule has 27 heavy (non-hydrogen) atoms. The Kier molecular flexibility index (Phi) is 6.51. The van der Waals surface area contributed by atoms with Gasteiger partial charge in [-0.2, -0.15) is 4.31 Å². The Labute approximate surface area is 167 Å². The molecule has 3 rings (SSSR count). The van der Waals surface area contributed by atoms with Gasteiger partial charge in [-0.3, -0.25) is 4.79 Å². The average molecular weight is 453 g/mol. The topological polar surface area (TPSA) is 66.9 Å². The second kappa shape index (κ2) is 8.86. The van der Waals surface area contributed by atoms with Crippen LogP contribution in [-0.2, 0) is 20.6 Å². The van der Waals surface area contributed by atoms with E-state index in [0.717, 1.165) is 10.0 Å². The standard InChI is InChI=1S/C19H21BrN2O4S/c20-17-7-4-8-18(13-17)26-14-19(23)21-9-11-22(12-10-21)27(24,25)15-16-5-2-1-3-6-16/h1-8,13H,9-12,14-15H2. The summed E-state index contributed by atoms with van der Waals surface area (Å²) in [5.74, 6) is 0.449. The van der Waals surface area contributed by atoms with Crippen molar-refractivity contribution in [2.24, 2.45) is 0 Å². The predicted octanol–water partition coefficient (Wildman–Crippen LogP) is 2.50. The minimum absolute atomic E-state index is 0.0201. The smallest absolute Gasteiger partial charge is 0.260 e. The van der Waals surface area contributed by atoms with Gasteiger partial charge in [0.2, 0.25) is 10.0 Å². The molecule has 0 aliphatic carbocycles. The summed E-state index contributed by atoms with van der Waals surface area (Å²) >= 11 is 3.36. The predicted molar refractivity (Wildman–Crippen MR) is 107 cm³/mol. The molecule has 2 aromatic carbocycles. The third-order valence-electron chi connectivity index (χ3n) is 4.34. The molecule has 0 aromatic heterocycles. The fourth-order valence-electron chi connectivity index (χ4n) is 2.88. The summed E-state index contributed by atoms with van der Waals surface area (Å²) < 4.78 is 33.0. The van der Waals surface area contributed by atoms with Gasteiger partial charge in [0.15, 0.2) is 6.61 Å². The zero-order valence-corrected chi connectivity index (χ0v) is 17.2. The summed E-state index contributed by atoms with van der Waals surface area (Å²) in [6, 6.07) is 16.4. The van der Waals surface area contributed by atoms with E-state index in [9.17, 15) is 13.2 Å². The summed E-state index contributed by atoms with van der Waals surface area (Å²) in [5.41, 5.74) is 0.762. The zero-order valence-electron chi connectivity index (χ0n) is 14.8. The Morgan fingerprint density at radius 3 is 2.37 bits per heavy atom. The highest BCUT2D eigenvalue weighted by Crippen LogP contribution is 2.18. The number of hydrogen-bond acceptors (Lipinski definition) is 4. The van der Waals surface area contributed by atoms with Crippen molar-refractivity contribution in [2.75, 3.05) is 32.8 Å². The van der Waals surface area contributed by atoms with E-state index in [1.807, 2.05) is 30.3 Å². The number of amides is 1. The number of ether oxygens (including phenoxy) is 1. The Bertz CT molecular complexity index is 882. The molecule has 0 N–H and O–H groups in total. The lowest BCUT2D eigenvalue weighted by molar-refractivity contribution is -0.134. The van der Waals surface area contributed by atoms with Crippen molar-refractivity contribution < 1.29 is 17.9 Å². The lowest BCUT2D eigenvalue weighted by Crippen LogP contribution is -2.51. The van der Waals surface area contributed by atoms with Gasteiger partial charge in [-0.1, -0.05) is 52.3 Å². The fraction of sp³-hybridized carbons (Fsp3) is 0.316. The normalized spacial score (nSPS) is 15.5. The second-order valence-electron chi connectivity index (χ2n) is 6.27. The quantitative estimate of drug-likeness (QED) is 0.674. The van der Waals surface area contributed by atoms with Crippen LogP contribution >= 0.6 is 15.9 Å². The van der Waals surface area contributed by atoms with E-state index >= 15 is 0 Å². The zero-order chi connectivity index (χ0) is 19.3. The van der Waals surface area contributed by atoms with Gasteiger partial charge in [0.05, 0.1) is 5.75 Å². The van der Waals surface area contributed by atoms with E-state index in [-0.39, 0.29) is 18.3 Å². The van der Waals surface area contributed by atoms with E-state index in [2.05, 4.69) is 15.9 Å². The Morgan fingerprint density at radius 1 is 1.00 bits per heavy atom. The molecule has 1 saturated heterocycles. The van der Waals surface area contributed by atoms with Gasteiger partial charge in [-0.25, -0.2) is 8.42 Å². The van der Waals surface area contributed by atoms with Crippen LogP contribution < -0.4 is 4.74 Å². The van der Waals surface area contributed by atoms with Gasteiger partial charge >= 0.3 is 0 Å². The number of benzene rings is 2. The van der Waals surface area contributed by atoms with Crippen LogP contribution in [0.2, 0.25) is 0 Å². The first kappa shape index (κ1) is 19.9. The largest absolute Gasteiger partial charge is 0.484 e. The lowest BCUT2D eigenvalue weighted by Gasteiger charge is -2.34. The van der Waals surface area contributed by atoms with Crippen molar-refractivity contribution >= 4 is 31.9 Å². The molecule has 8 heteroatoms. The molecule has 0 bridgehead atoms. The van der Waals surface area contributed by atoms with Crippen LogP contribution in [0.5, 0.6) is 5.75 Å². The minimum atomic E-state index is -3.39. The van der Waals surface area contributed by atoms with Crippen molar-refractivity contribution in [3.63, 3.8) is 0 Å². The monoisotopic (exact) mass is 452 g/mol. The van der Waals surface area contributed by atoms with Gasteiger partial charge < -0.3 is 9.64 Å². The van der Waals surface area contributed by atoms with Gasteiger partial charge in [-0.05, 0) is 23.8 Å². The van der Waals surface area contributed by atoms with Gasteiger partial charge in [0.25, 0.3) is 5.91 Å². The maximum atomic E-state index is 12.6. The van der Waals surface area contributed by atoms with Crippen LogP contribution in [0.1, 0.15) is 5.56 Å². The molecule has 144 valence electrons. The molecular weight excluding hydrogens is 432 g/mol. The number of piperazine rings is 1. The molecule has 2 aromatic rings. The summed E-state index contributed by atoms with van der Waals surface area (Å²) in [6.45, 7) is 1.28. The minimum Gasteiger partial charge on any atom is -0.484 e. The van der Waals surface area contributed by atoms with Crippen molar-refractivity contribution in [2.45, 2.75) is 5.75 Å². The molecule has 0 unspecified atom stereocenters. The maximum absolute atomic E-state index is 12.6. The highest BCUT2D eigenvalue weighted by molar-refractivity contribution is 9.10. The number of hydrogen-bond donors (Lipinski definition) is 0. The van der Waals surface area contributed by atoms with Crippen molar-refractivity contribution in [3.05, 3.63) is 64.6 Å². The summed E-state index contributed by atoms with van der Waals surface area (Å²) in [4.78, 5) is 14.0. The van der Waals surface area contributed by atoms with Gasteiger partial charge in [-0.15, -0.1) is 0 Å². The van der Waals surface area contributed by atoms with Crippen LogP contribution in [0.25, 0.3) is 0 Å². The molecule has 1 aliphatic rings. The van der Waals surface area contributed by atoms with E-state index in [0.29, 0.717) is 31.9 Å². The molecule has 1 heterocycles. The molecule has 1 aliphatic heterocycles. The van der Waals surface area contributed by atoms with E-state index in [4.69, 9.17) is 4.74 Å². The fourth-order valence-corrected chi connectivity index (χ4v) is 4.78. The van der Waals surface area contributed by atoms with Crippen LogP contribution in [0.15, 0.2) is 59.1 Å². The van der Waals surface area contributed by atoms with Gasteiger partial charge in [0.1, 0.15) is 5.75 Å². The third kappa shape index (κ3) is 5.54. The number of halogens is 1. The van der Waals surface area contributed by atoms with Crippen LogP contribution in [0.3, 0.4) is 0 Å². The first-order valence-corrected chi connectivity index (χ1v) is 11.0. The van der Waals surface area contributed by atoms with Crippen LogP contribution in [-0.4, -0.2) is 56.3 Å². The lowest BCUT2D eigenvalue weighted by atomic mass is 10.2. The highest BCUT2D eigenvalue weighted by Gasteiger charge is 2.29. The molecule has 1 amide bonds. The summed E-state index contributed by atoms with van der Waals surface area (Å²) in [5, 5.41) is 0. The third-order valence-corrected chi connectivity index (χ3v) is 6.68. The van der Waals surface area contributed by atoms with E-state index < -0.39 is 10.0 Å².